The van der Waals surface area contributed by atoms with Crippen molar-refractivity contribution >= 4 is 33.4 Å². The standard InChI is InChI=1S/C24H30N2O4S2/c1-17-7-10-20(11-8-17)32(28,29)26-16-23(30-22-12-9-18(2)15-21(22)26)24(27)25-13-14-31-19-5-3-4-6-19/h7-12,15,19,23H,3-6,13-14,16H2,1-2H3,(H,25,27). The topological polar surface area (TPSA) is 75.7 Å². The number of thioether (sulfide) groups is 1. The minimum absolute atomic E-state index is 0.0612. The van der Waals surface area contributed by atoms with Crippen LogP contribution in [0.5, 0.6) is 5.75 Å². The number of sulfonamides is 1. The van der Waals surface area contributed by atoms with Crippen LogP contribution < -0.4 is 14.4 Å². The van der Waals surface area contributed by atoms with Gasteiger partial charge in [-0.05, 0) is 56.5 Å². The van der Waals surface area contributed by atoms with Crippen molar-refractivity contribution in [2.75, 3.05) is 23.1 Å². The normalized spacial score (nSPS) is 18.8. The highest BCUT2D eigenvalue weighted by Crippen LogP contribution is 2.38. The fourth-order valence-electron chi connectivity index (χ4n) is 4.13. The molecular formula is C24H30N2O4S2. The predicted octanol–water partition coefficient (Wildman–Crippen LogP) is 4.05. The SMILES string of the molecule is Cc1ccc(S(=O)(=O)N2CC(C(=O)NCCSC3CCCC3)Oc3ccc(C)cc32)cc1. The van der Waals surface area contributed by atoms with Gasteiger partial charge in [-0.1, -0.05) is 36.6 Å². The van der Waals surface area contributed by atoms with Crippen LogP contribution >= 0.6 is 11.8 Å². The van der Waals surface area contributed by atoms with Crippen molar-refractivity contribution in [3.8, 4) is 5.75 Å². The van der Waals surface area contributed by atoms with E-state index in [1.165, 1.54) is 30.0 Å². The molecule has 8 heteroatoms. The third-order valence-corrected chi connectivity index (χ3v) is 9.12. The Labute approximate surface area is 194 Å². The summed E-state index contributed by atoms with van der Waals surface area (Å²) in [6.07, 6.45) is 4.20. The molecule has 1 unspecified atom stereocenters. The van der Waals surface area contributed by atoms with E-state index in [9.17, 15) is 13.2 Å². The fourth-order valence-corrected chi connectivity index (χ4v) is 6.82. The second-order valence-corrected chi connectivity index (χ2v) is 11.8. The molecule has 6 nitrogen and oxygen atoms in total. The van der Waals surface area contributed by atoms with Crippen LogP contribution in [0.15, 0.2) is 47.4 Å². The van der Waals surface area contributed by atoms with Crippen molar-refractivity contribution < 1.29 is 17.9 Å². The lowest BCUT2D eigenvalue weighted by Gasteiger charge is -2.35. The zero-order valence-electron chi connectivity index (χ0n) is 18.5. The first-order valence-electron chi connectivity index (χ1n) is 11.1. The second kappa shape index (κ2) is 9.75. The number of nitrogens with zero attached hydrogens (tertiary/aromatic N) is 1. The molecule has 2 aliphatic rings. The maximum absolute atomic E-state index is 13.5. The molecule has 1 fully saturated rings. The minimum atomic E-state index is -3.84. The first-order chi connectivity index (χ1) is 15.3. The molecular weight excluding hydrogens is 444 g/mol. The largest absolute Gasteiger partial charge is 0.476 e. The summed E-state index contributed by atoms with van der Waals surface area (Å²) in [5.41, 5.74) is 2.37. The van der Waals surface area contributed by atoms with E-state index in [4.69, 9.17) is 4.74 Å². The molecule has 0 bridgehead atoms. The Bertz CT molecular complexity index is 1060. The lowest BCUT2D eigenvalue weighted by molar-refractivity contribution is -0.127. The maximum atomic E-state index is 13.5. The lowest BCUT2D eigenvalue weighted by Crippen LogP contribution is -2.51. The Morgan fingerprint density at radius 3 is 2.50 bits per heavy atom. The van der Waals surface area contributed by atoms with Gasteiger partial charge in [-0.25, -0.2) is 8.42 Å². The van der Waals surface area contributed by atoms with Crippen LogP contribution in [0.25, 0.3) is 0 Å². The maximum Gasteiger partial charge on any atom is 0.264 e. The van der Waals surface area contributed by atoms with Gasteiger partial charge < -0.3 is 10.1 Å². The van der Waals surface area contributed by atoms with Crippen LogP contribution in [0, 0.1) is 13.8 Å². The van der Waals surface area contributed by atoms with Gasteiger partial charge in [0.1, 0.15) is 5.75 Å². The van der Waals surface area contributed by atoms with Crippen molar-refractivity contribution in [2.45, 2.75) is 55.8 Å². The molecule has 1 N–H and O–H groups in total. The molecule has 1 saturated carbocycles. The first kappa shape index (κ1) is 23.0. The van der Waals surface area contributed by atoms with E-state index in [1.807, 2.05) is 31.7 Å². The first-order valence-corrected chi connectivity index (χ1v) is 13.6. The summed E-state index contributed by atoms with van der Waals surface area (Å²) in [7, 11) is -3.84. The summed E-state index contributed by atoms with van der Waals surface area (Å²) in [5, 5.41) is 3.63. The van der Waals surface area contributed by atoms with E-state index in [0.29, 0.717) is 23.2 Å². The number of ether oxygens (including phenoxy) is 1. The Morgan fingerprint density at radius 1 is 1.09 bits per heavy atom. The van der Waals surface area contributed by atoms with Crippen molar-refractivity contribution in [3.05, 3.63) is 53.6 Å². The van der Waals surface area contributed by atoms with Crippen LogP contribution in [-0.2, 0) is 14.8 Å². The monoisotopic (exact) mass is 474 g/mol. The highest BCUT2D eigenvalue weighted by Gasteiger charge is 2.37. The zero-order chi connectivity index (χ0) is 22.7. The molecule has 1 aliphatic heterocycles. The molecule has 2 aromatic rings. The average Bonchev–Trinajstić information content (AvgIpc) is 3.29. The van der Waals surface area contributed by atoms with Crippen molar-refractivity contribution in [1.29, 1.82) is 0 Å². The third kappa shape index (κ3) is 5.07. The van der Waals surface area contributed by atoms with Crippen LogP contribution in [0.2, 0.25) is 0 Å². The number of nitrogens with one attached hydrogen (secondary N) is 1. The molecule has 2 aromatic carbocycles. The Kier molecular flexibility index (Phi) is 7.00. The van der Waals surface area contributed by atoms with E-state index in [0.717, 1.165) is 16.9 Å². The predicted molar refractivity (Wildman–Crippen MR) is 129 cm³/mol. The van der Waals surface area contributed by atoms with E-state index in [-0.39, 0.29) is 17.3 Å². The summed E-state index contributed by atoms with van der Waals surface area (Å²) in [6.45, 7) is 4.30. The van der Waals surface area contributed by atoms with Gasteiger partial charge in [-0.3, -0.25) is 9.10 Å². The Hall–Kier alpha value is -2.19. The van der Waals surface area contributed by atoms with E-state index >= 15 is 0 Å². The van der Waals surface area contributed by atoms with Crippen LogP contribution in [0.3, 0.4) is 0 Å². The van der Waals surface area contributed by atoms with Crippen LogP contribution in [-0.4, -0.2) is 44.5 Å². The van der Waals surface area contributed by atoms with E-state index in [2.05, 4.69) is 5.32 Å². The molecule has 0 spiro atoms. The number of benzene rings is 2. The van der Waals surface area contributed by atoms with Gasteiger partial charge in [-0.2, -0.15) is 11.8 Å². The molecule has 0 aromatic heterocycles. The highest BCUT2D eigenvalue weighted by molar-refractivity contribution is 7.99. The lowest BCUT2D eigenvalue weighted by atomic mass is 10.1. The molecule has 0 radical (unpaired) electrons. The third-order valence-electron chi connectivity index (χ3n) is 5.94. The molecule has 172 valence electrons. The van der Waals surface area contributed by atoms with Gasteiger partial charge in [0.25, 0.3) is 15.9 Å². The van der Waals surface area contributed by atoms with Gasteiger partial charge in [0, 0.05) is 17.5 Å². The summed E-state index contributed by atoms with van der Waals surface area (Å²) in [5.74, 6) is 0.968. The molecule has 32 heavy (non-hydrogen) atoms. The average molecular weight is 475 g/mol. The molecule has 1 heterocycles. The number of fused-ring (bicyclic) bond motifs is 1. The van der Waals surface area contributed by atoms with E-state index < -0.39 is 16.1 Å². The van der Waals surface area contributed by atoms with Gasteiger partial charge in [-0.15, -0.1) is 0 Å². The van der Waals surface area contributed by atoms with Gasteiger partial charge >= 0.3 is 0 Å². The summed E-state index contributed by atoms with van der Waals surface area (Å²) < 4.78 is 34.2. The molecule has 1 aliphatic carbocycles. The van der Waals surface area contributed by atoms with Gasteiger partial charge in [0.15, 0.2) is 6.10 Å². The van der Waals surface area contributed by atoms with Crippen molar-refractivity contribution in [2.24, 2.45) is 0 Å². The van der Waals surface area contributed by atoms with Gasteiger partial charge in [0.05, 0.1) is 17.1 Å². The number of anilines is 1. The Morgan fingerprint density at radius 2 is 1.78 bits per heavy atom. The fraction of sp³-hybridized carbons (Fsp3) is 0.458. The number of carbonyl (C=O) groups excluding carboxylic acids is 1. The minimum Gasteiger partial charge on any atom is -0.476 e. The number of amides is 1. The smallest absolute Gasteiger partial charge is 0.264 e. The quantitative estimate of drug-likeness (QED) is 0.613. The van der Waals surface area contributed by atoms with Crippen LogP contribution in [0.1, 0.15) is 36.8 Å². The summed E-state index contributed by atoms with van der Waals surface area (Å²) in [6, 6.07) is 12.1. The zero-order valence-corrected chi connectivity index (χ0v) is 20.2. The second-order valence-electron chi connectivity index (χ2n) is 8.50. The van der Waals surface area contributed by atoms with Crippen molar-refractivity contribution in [3.63, 3.8) is 0 Å². The molecule has 0 saturated heterocycles. The van der Waals surface area contributed by atoms with Crippen LogP contribution in [0.4, 0.5) is 5.69 Å². The van der Waals surface area contributed by atoms with Gasteiger partial charge in [0.2, 0.25) is 0 Å². The number of carbonyl (C=O) groups is 1. The molecule has 1 amide bonds. The number of aryl methyl sites for hydroxylation is 2. The molecule has 4 rings (SSSR count). The van der Waals surface area contributed by atoms with E-state index in [1.54, 1.807) is 36.4 Å². The van der Waals surface area contributed by atoms with Crippen molar-refractivity contribution in [1.82, 2.24) is 5.32 Å². The summed E-state index contributed by atoms with van der Waals surface area (Å²) >= 11 is 1.90. The summed E-state index contributed by atoms with van der Waals surface area (Å²) in [4.78, 5) is 13.1. The Balaban J connectivity index is 1.50. The number of rotatable bonds is 7. The molecule has 1 atom stereocenters. The number of hydrogen-bond donors (Lipinski definition) is 1. The number of hydrogen-bond acceptors (Lipinski definition) is 5. The highest BCUT2D eigenvalue weighted by atomic mass is 32.2.